The molecule has 1 aromatic carbocycles. The van der Waals surface area contributed by atoms with Crippen molar-refractivity contribution in [3.63, 3.8) is 0 Å². The van der Waals surface area contributed by atoms with Gasteiger partial charge in [0.1, 0.15) is 12.5 Å². The number of hydrogen-bond acceptors (Lipinski definition) is 5. The number of halogens is 2. The smallest absolute Gasteiger partial charge is 0.258 e. The summed E-state index contributed by atoms with van der Waals surface area (Å²) in [5.74, 6) is -2.54. The van der Waals surface area contributed by atoms with Crippen molar-refractivity contribution >= 4 is 15.5 Å². The van der Waals surface area contributed by atoms with E-state index in [9.17, 15) is 27.3 Å². The van der Waals surface area contributed by atoms with Crippen LogP contribution in [0.15, 0.2) is 30.9 Å². The summed E-state index contributed by atoms with van der Waals surface area (Å²) in [4.78, 5) is 10.0. The lowest BCUT2D eigenvalue weighted by Gasteiger charge is -2.24. The maximum Gasteiger partial charge on any atom is 0.269 e. The summed E-state index contributed by atoms with van der Waals surface area (Å²) < 4.78 is 49.8. The minimum Gasteiger partial charge on any atom is -0.258 e. The number of nitro benzene ring substituents is 1. The van der Waals surface area contributed by atoms with Crippen LogP contribution in [0, 0.1) is 27.3 Å². The summed E-state index contributed by atoms with van der Waals surface area (Å²) in [5.41, 5.74) is -0.573. The average Bonchev–Trinajstić information content (AvgIpc) is 2.52. The lowest BCUT2D eigenvalue weighted by molar-refractivity contribution is -0.385. The van der Waals surface area contributed by atoms with Crippen LogP contribution in [-0.4, -0.2) is 30.5 Å². The van der Waals surface area contributed by atoms with Gasteiger partial charge in [0, 0.05) is 18.6 Å². The van der Waals surface area contributed by atoms with E-state index in [1.54, 1.807) is 0 Å². The third-order valence-corrected chi connectivity index (χ3v) is 6.18. The lowest BCUT2D eigenvalue weighted by Crippen LogP contribution is -2.41. The Balaban J connectivity index is 3.25. The average molecular weight is 358 g/mol. The molecular weight excluding hydrogens is 342 g/mol. The van der Waals surface area contributed by atoms with Crippen LogP contribution in [0.2, 0.25) is 0 Å². The molecule has 0 N–H and O–H groups in total. The molecule has 0 aliphatic rings. The molecule has 2 atom stereocenters. The maximum atomic E-state index is 13.9. The molecule has 0 amide bonds. The maximum absolute atomic E-state index is 13.9. The van der Waals surface area contributed by atoms with E-state index in [1.165, 1.54) is 13.0 Å². The number of benzene rings is 1. The Hall–Kier alpha value is -2.34. The summed E-state index contributed by atoms with van der Waals surface area (Å²) in [7, 11) is -4.29. The summed E-state index contributed by atoms with van der Waals surface area (Å²) >= 11 is 0. The van der Waals surface area contributed by atoms with E-state index >= 15 is 0 Å². The van der Waals surface area contributed by atoms with Crippen LogP contribution >= 0.6 is 0 Å². The molecule has 0 fully saturated rings. The monoisotopic (exact) mass is 358 g/mol. The van der Waals surface area contributed by atoms with Gasteiger partial charge >= 0.3 is 0 Å². The van der Waals surface area contributed by atoms with Crippen LogP contribution in [0.4, 0.5) is 14.5 Å². The molecule has 6 nitrogen and oxygen atoms in total. The van der Waals surface area contributed by atoms with E-state index in [2.05, 4.69) is 6.58 Å². The molecule has 0 aliphatic carbocycles. The van der Waals surface area contributed by atoms with Crippen molar-refractivity contribution in [1.29, 1.82) is 5.26 Å². The molecule has 0 aliphatic heterocycles. The van der Waals surface area contributed by atoms with Gasteiger partial charge in [0.2, 0.25) is 0 Å². The highest BCUT2D eigenvalue weighted by Crippen LogP contribution is 2.30. The molecule has 0 bridgehead atoms. The highest BCUT2D eigenvalue weighted by atomic mass is 32.2. The Kier molecular flexibility index (Phi) is 6.15. The summed E-state index contributed by atoms with van der Waals surface area (Å²) in [6.45, 7) is 3.23. The van der Waals surface area contributed by atoms with Gasteiger partial charge in [-0.2, -0.15) is 5.26 Å². The zero-order valence-electron chi connectivity index (χ0n) is 12.9. The molecule has 0 radical (unpaired) electrons. The second kappa shape index (κ2) is 7.49. The van der Waals surface area contributed by atoms with Crippen LogP contribution in [0.5, 0.6) is 0 Å². The molecule has 0 saturated heterocycles. The Bertz CT molecular complexity index is 789. The minimum absolute atomic E-state index is 0.183. The van der Waals surface area contributed by atoms with Gasteiger partial charge in [-0.15, -0.1) is 6.58 Å². The third kappa shape index (κ3) is 3.76. The van der Waals surface area contributed by atoms with Gasteiger partial charge in [-0.25, -0.2) is 17.2 Å². The molecule has 1 unspecified atom stereocenters. The molecule has 0 spiro atoms. The topological polar surface area (TPSA) is 101 Å². The van der Waals surface area contributed by atoms with E-state index in [0.29, 0.717) is 0 Å². The number of alkyl halides is 1. The number of non-ortho nitro benzene ring substituents is 1. The van der Waals surface area contributed by atoms with Crippen molar-refractivity contribution in [3.05, 3.63) is 52.3 Å². The summed E-state index contributed by atoms with van der Waals surface area (Å²) in [5, 5.41) is 19.9. The zero-order valence-corrected chi connectivity index (χ0v) is 13.7. The van der Waals surface area contributed by atoms with Gasteiger partial charge in [0.15, 0.2) is 14.6 Å². The Labute approximate surface area is 138 Å². The number of allylic oxidation sites excluding steroid dienone is 1. The second-order valence-corrected chi connectivity index (χ2v) is 7.72. The first-order chi connectivity index (χ1) is 11.1. The quantitative estimate of drug-likeness (QED) is 0.404. The molecular formula is C15H16F2N2O4S. The summed E-state index contributed by atoms with van der Waals surface area (Å²) in [6.07, 6.45) is 0.714. The van der Waals surface area contributed by atoms with Gasteiger partial charge < -0.3 is 0 Å². The van der Waals surface area contributed by atoms with Gasteiger partial charge in [-0.1, -0.05) is 13.0 Å². The van der Waals surface area contributed by atoms with Gasteiger partial charge in [0.25, 0.3) is 5.69 Å². The molecule has 0 saturated carbocycles. The molecule has 1 rings (SSSR count). The van der Waals surface area contributed by atoms with Gasteiger partial charge in [-0.05, 0) is 17.5 Å². The third-order valence-electron chi connectivity index (χ3n) is 3.68. The van der Waals surface area contributed by atoms with Crippen molar-refractivity contribution in [2.75, 3.05) is 12.4 Å². The van der Waals surface area contributed by atoms with E-state index in [4.69, 9.17) is 5.26 Å². The standard InChI is InChI=1S/C15H16F2N2O4S/c1-3-6-15(9-16,10-18)24(22,23)8-11(2)13-7-12(19(20)21)4-5-14(13)17/h3-5,7,11H,1,6,8-9H2,2H3/t11-,15?/m1/s1. The van der Waals surface area contributed by atoms with E-state index in [-0.39, 0.29) is 5.56 Å². The first-order valence-corrected chi connectivity index (χ1v) is 8.53. The van der Waals surface area contributed by atoms with E-state index < -0.39 is 55.8 Å². The number of nitrogens with zero attached hydrogens (tertiary/aromatic N) is 2. The molecule has 0 aromatic heterocycles. The van der Waals surface area contributed by atoms with E-state index in [1.807, 2.05) is 0 Å². The fourth-order valence-electron chi connectivity index (χ4n) is 2.24. The Morgan fingerprint density at radius 2 is 2.17 bits per heavy atom. The number of hydrogen-bond donors (Lipinski definition) is 0. The Morgan fingerprint density at radius 1 is 1.54 bits per heavy atom. The molecule has 1 aromatic rings. The fraction of sp³-hybridized carbons (Fsp3) is 0.400. The number of nitriles is 1. The lowest BCUT2D eigenvalue weighted by atomic mass is 10.0. The zero-order chi connectivity index (χ0) is 18.5. The number of nitro groups is 1. The van der Waals surface area contributed by atoms with Crippen molar-refractivity contribution in [3.8, 4) is 6.07 Å². The highest BCUT2D eigenvalue weighted by molar-refractivity contribution is 7.93. The summed E-state index contributed by atoms with van der Waals surface area (Å²) in [6, 6.07) is 4.23. The van der Waals surface area contributed by atoms with E-state index in [0.717, 1.165) is 24.3 Å². The molecule has 0 heterocycles. The Morgan fingerprint density at radius 3 is 2.62 bits per heavy atom. The van der Waals surface area contributed by atoms with Gasteiger partial charge in [0.05, 0.1) is 16.7 Å². The first kappa shape index (κ1) is 19.7. The second-order valence-electron chi connectivity index (χ2n) is 5.38. The van der Waals surface area contributed by atoms with Crippen LogP contribution < -0.4 is 0 Å². The van der Waals surface area contributed by atoms with Crippen molar-refractivity contribution in [2.24, 2.45) is 0 Å². The van der Waals surface area contributed by atoms with Crippen LogP contribution in [0.3, 0.4) is 0 Å². The highest BCUT2D eigenvalue weighted by Gasteiger charge is 2.44. The first-order valence-electron chi connectivity index (χ1n) is 6.88. The SMILES string of the molecule is C=CCC(C#N)(CF)S(=O)(=O)C[C@@H](C)c1cc([N+](=O)[O-])ccc1F. The van der Waals surface area contributed by atoms with Crippen LogP contribution in [-0.2, 0) is 9.84 Å². The van der Waals surface area contributed by atoms with Crippen molar-refractivity contribution in [2.45, 2.75) is 24.0 Å². The number of sulfone groups is 1. The largest absolute Gasteiger partial charge is 0.269 e. The number of rotatable bonds is 8. The van der Waals surface area contributed by atoms with Crippen molar-refractivity contribution in [1.82, 2.24) is 0 Å². The fourth-order valence-corrected chi connectivity index (χ4v) is 4.08. The predicted octanol–water partition coefficient (Wildman–Crippen LogP) is 3.06. The van der Waals surface area contributed by atoms with Gasteiger partial charge in [-0.3, -0.25) is 10.1 Å². The van der Waals surface area contributed by atoms with Crippen LogP contribution in [0.1, 0.15) is 24.8 Å². The molecule has 130 valence electrons. The molecule has 9 heteroatoms. The normalized spacial score (nSPS) is 15.1. The molecule has 24 heavy (non-hydrogen) atoms. The van der Waals surface area contributed by atoms with Crippen LogP contribution in [0.25, 0.3) is 0 Å². The predicted molar refractivity (Wildman–Crippen MR) is 84.4 cm³/mol. The minimum atomic E-state index is -4.29. The van der Waals surface area contributed by atoms with Crippen molar-refractivity contribution < 1.29 is 22.1 Å².